The van der Waals surface area contributed by atoms with E-state index in [1.165, 1.54) is 28.6 Å². The van der Waals surface area contributed by atoms with Gasteiger partial charge in [-0.2, -0.15) is 0 Å². The Hall–Kier alpha value is -4.42. The highest BCUT2D eigenvalue weighted by Gasteiger charge is 2.29. The first-order chi connectivity index (χ1) is 17.7. The summed E-state index contributed by atoms with van der Waals surface area (Å²) in [6, 6.07) is 29.3. The Morgan fingerprint density at radius 1 is 0.833 bits per heavy atom. The number of hydrogen-bond acceptors (Lipinski definition) is 5. The number of carbonyl (C=O) groups excluding carboxylic acids is 1. The minimum absolute atomic E-state index is 0.00153. The molecule has 1 amide bonds. The van der Waals surface area contributed by atoms with Crippen LogP contribution < -0.4 is 10.6 Å². The summed E-state index contributed by atoms with van der Waals surface area (Å²) >= 11 is 6.11. The van der Waals surface area contributed by atoms with Crippen molar-refractivity contribution in [2.75, 3.05) is 17.2 Å². The first-order valence-corrected chi connectivity index (χ1v) is 11.9. The van der Waals surface area contributed by atoms with E-state index in [2.05, 4.69) is 44.9 Å². The summed E-state index contributed by atoms with van der Waals surface area (Å²) < 4.78 is 5.68. The lowest BCUT2D eigenvalue weighted by Crippen LogP contribution is -2.17. The van der Waals surface area contributed by atoms with Crippen molar-refractivity contribution in [3.05, 3.63) is 113 Å². The van der Waals surface area contributed by atoms with Gasteiger partial charge >= 0.3 is 6.09 Å². The van der Waals surface area contributed by atoms with E-state index in [0.717, 1.165) is 16.6 Å². The van der Waals surface area contributed by atoms with Crippen molar-refractivity contribution < 1.29 is 9.53 Å². The number of ether oxygens (including phenoxy) is 1. The number of aromatic nitrogens is 2. The van der Waals surface area contributed by atoms with Crippen LogP contribution in [0.5, 0.6) is 0 Å². The van der Waals surface area contributed by atoms with Crippen LogP contribution in [0.25, 0.3) is 22.0 Å². The van der Waals surface area contributed by atoms with E-state index in [4.69, 9.17) is 16.3 Å². The fourth-order valence-corrected chi connectivity index (χ4v) is 4.88. The van der Waals surface area contributed by atoms with Crippen molar-refractivity contribution in [2.24, 2.45) is 0 Å². The minimum Gasteiger partial charge on any atom is -0.448 e. The van der Waals surface area contributed by atoms with Gasteiger partial charge in [-0.15, -0.1) is 0 Å². The second-order valence-corrected chi connectivity index (χ2v) is 8.98. The van der Waals surface area contributed by atoms with E-state index in [-0.39, 0.29) is 12.5 Å². The molecular weight excluding hydrogens is 472 g/mol. The molecule has 1 heterocycles. The zero-order valence-corrected chi connectivity index (χ0v) is 19.9. The largest absolute Gasteiger partial charge is 0.448 e. The van der Waals surface area contributed by atoms with E-state index in [9.17, 15) is 4.79 Å². The fourth-order valence-electron chi connectivity index (χ4n) is 4.69. The monoisotopic (exact) mass is 492 g/mol. The van der Waals surface area contributed by atoms with E-state index in [1.807, 2.05) is 54.6 Å². The predicted molar refractivity (Wildman–Crippen MR) is 143 cm³/mol. The molecule has 0 spiro atoms. The molecule has 0 fully saturated rings. The predicted octanol–water partition coefficient (Wildman–Crippen LogP) is 7.39. The average Bonchev–Trinajstić information content (AvgIpc) is 3.21. The lowest BCUT2D eigenvalue weighted by Gasteiger charge is -2.15. The number of anilines is 3. The fraction of sp³-hybridized carbons (Fsp3) is 0.0690. The van der Waals surface area contributed by atoms with Crippen LogP contribution in [0.3, 0.4) is 0 Å². The topological polar surface area (TPSA) is 76.1 Å². The molecule has 176 valence electrons. The molecule has 0 atom stereocenters. The smallest absolute Gasteiger partial charge is 0.411 e. The van der Waals surface area contributed by atoms with Crippen molar-refractivity contribution in [3.8, 4) is 11.1 Å². The van der Waals surface area contributed by atoms with Gasteiger partial charge in [0.1, 0.15) is 18.8 Å². The second-order valence-electron chi connectivity index (χ2n) is 8.54. The first kappa shape index (κ1) is 22.1. The van der Waals surface area contributed by atoms with Gasteiger partial charge in [0.25, 0.3) is 0 Å². The van der Waals surface area contributed by atoms with Gasteiger partial charge in [0.05, 0.1) is 5.52 Å². The Bertz CT molecular complexity index is 1560. The summed E-state index contributed by atoms with van der Waals surface area (Å²) in [5.74, 6) is 0.611. The summed E-state index contributed by atoms with van der Waals surface area (Å²) in [7, 11) is 0. The van der Waals surface area contributed by atoms with Crippen molar-refractivity contribution in [2.45, 2.75) is 5.92 Å². The van der Waals surface area contributed by atoms with Gasteiger partial charge in [-0.3, -0.25) is 5.32 Å². The molecule has 0 saturated heterocycles. The highest BCUT2D eigenvalue weighted by molar-refractivity contribution is 6.30. The van der Waals surface area contributed by atoms with Crippen molar-refractivity contribution in [3.63, 3.8) is 0 Å². The number of rotatable bonds is 5. The average molecular weight is 493 g/mol. The van der Waals surface area contributed by atoms with Crippen LogP contribution >= 0.6 is 11.6 Å². The molecule has 0 aliphatic heterocycles. The van der Waals surface area contributed by atoms with Gasteiger partial charge in [0.15, 0.2) is 0 Å². The highest BCUT2D eigenvalue weighted by Crippen LogP contribution is 2.44. The molecule has 5 aromatic rings. The molecule has 1 aromatic heterocycles. The van der Waals surface area contributed by atoms with Crippen LogP contribution in [-0.4, -0.2) is 22.7 Å². The molecule has 0 saturated carbocycles. The van der Waals surface area contributed by atoms with Gasteiger partial charge in [-0.05, 0) is 58.7 Å². The van der Waals surface area contributed by atoms with Gasteiger partial charge in [-0.1, -0.05) is 66.2 Å². The van der Waals surface area contributed by atoms with Crippen LogP contribution in [-0.2, 0) is 4.74 Å². The lowest BCUT2D eigenvalue weighted by atomic mass is 9.98. The zero-order chi connectivity index (χ0) is 24.5. The maximum Gasteiger partial charge on any atom is 0.411 e. The number of halogens is 1. The van der Waals surface area contributed by atoms with E-state index in [0.29, 0.717) is 16.5 Å². The summed E-state index contributed by atoms with van der Waals surface area (Å²) in [6.07, 6.45) is 0.978. The number of benzene rings is 4. The third-order valence-electron chi connectivity index (χ3n) is 6.31. The number of hydrogen-bond donors (Lipinski definition) is 2. The van der Waals surface area contributed by atoms with Gasteiger partial charge in [0.2, 0.25) is 0 Å². The summed E-state index contributed by atoms with van der Waals surface area (Å²) in [6.45, 7) is 0.248. The Morgan fingerprint density at radius 3 is 2.33 bits per heavy atom. The third-order valence-corrected chi connectivity index (χ3v) is 6.55. The van der Waals surface area contributed by atoms with Crippen LogP contribution in [0.15, 0.2) is 97.3 Å². The van der Waals surface area contributed by atoms with Crippen molar-refractivity contribution >= 4 is 45.8 Å². The molecule has 4 aromatic carbocycles. The molecule has 7 heteroatoms. The van der Waals surface area contributed by atoms with E-state index < -0.39 is 6.09 Å². The number of fused-ring (bicyclic) bond motifs is 4. The standard InChI is InChI=1S/C29H21ClN4O2/c30-18-6-5-7-19(14-18)33-28-25-15-20(12-13-27(25)31-17-32-28)34-29(35)36-16-26-23-10-3-1-8-21(23)22-9-2-4-11-24(22)26/h1-15,17,26H,16H2,(H,34,35)(H,31,32,33). The molecule has 0 bridgehead atoms. The Kier molecular flexibility index (Phi) is 5.71. The van der Waals surface area contributed by atoms with Gasteiger partial charge in [0, 0.05) is 27.7 Å². The van der Waals surface area contributed by atoms with Crippen LogP contribution in [0.1, 0.15) is 17.0 Å². The Balaban J connectivity index is 1.19. The van der Waals surface area contributed by atoms with E-state index >= 15 is 0 Å². The Morgan fingerprint density at radius 2 is 1.58 bits per heavy atom. The van der Waals surface area contributed by atoms with Crippen LogP contribution in [0, 0.1) is 0 Å². The number of nitrogens with zero attached hydrogens (tertiary/aromatic N) is 2. The maximum atomic E-state index is 12.7. The minimum atomic E-state index is -0.516. The number of nitrogens with one attached hydrogen (secondary N) is 2. The van der Waals surface area contributed by atoms with Crippen molar-refractivity contribution in [1.29, 1.82) is 0 Å². The molecule has 2 N–H and O–H groups in total. The van der Waals surface area contributed by atoms with Crippen LogP contribution in [0.4, 0.5) is 22.0 Å². The molecule has 36 heavy (non-hydrogen) atoms. The third kappa shape index (κ3) is 4.23. The molecule has 1 aliphatic rings. The number of amides is 1. The van der Waals surface area contributed by atoms with Gasteiger partial charge < -0.3 is 10.1 Å². The molecular formula is C29H21ClN4O2. The summed E-state index contributed by atoms with van der Waals surface area (Å²) in [4.78, 5) is 21.5. The molecule has 6 nitrogen and oxygen atoms in total. The molecule has 0 radical (unpaired) electrons. The lowest BCUT2D eigenvalue weighted by molar-refractivity contribution is 0.158. The highest BCUT2D eigenvalue weighted by atomic mass is 35.5. The van der Waals surface area contributed by atoms with Crippen LogP contribution in [0.2, 0.25) is 5.02 Å². The zero-order valence-electron chi connectivity index (χ0n) is 19.1. The SMILES string of the molecule is O=C(Nc1ccc2ncnc(Nc3cccc(Cl)c3)c2c1)OCC1c2ccccc2-c2ccccc21. The number of carbonyl (C=O) groups is 1. The first-order valence-electron chi connectivity index (χ1n) is 11.5. The summed E-state index contributed by atoms with van der Waals surface area (Å²) in [5, 5.41) is 7.49. The molecule has 0 unspecified atom stereocenters. The summed E-state index contributed by atoms with van der Waals surface area (Å²) in [5.41, 5.74) is 6.86. The maximum absolute atomic E-state index is 12.7. The Labute approximate surface area is 212 Å². The van der Waals surface area contributed by atoms with E-state index in [1.54, 1.807) is 12.1 Å². The quantitative estimate of drug-likeness (QED) is 0.267. The van der Waals surface area contributed by atoms with Crippen molar-refractivity contribution in [1.82, 2.24) is 9.97 Å². The molecule has 1 aliphatic carbocycles. The van der Waals surface area contributed by atoms with Gasteiger partial charge in [-0.25, -0.2) is 14.8 Å². The molecule has 6 rings (SSSR count). The second kappa shape index (κ2) is 9.32. The normalized spacial score (nSPS) is 12.1.